The molecule has 0 aliphatic rings. The molecular formula is C21H20N2O3S. The Kier molecular flexibility index (Phi) is 5.57. The van der Waals surface area contributed by atoms with Gasteiger partial charge in [-0.05, 0) is 60.5 Å². The van der Waals surface area contributed by atoms with Crippen LogP contribution in [-0.2, 0) is 16.4 Å². The number of sulfonamides is 1. The highest BCUT2D eigenvalue weighted by Crippen LogP contribution is 2.18. The van der Waals surface area contributed by atoms with E-state index in [4.69, 9.17) is 0 Å². The fourth-order valence-corrected chi connectivity index (χ4v) is 3.66. The number of aryl methyl sites for hydroxylation is 1. The lowest BCUT2D eigenvalue weighted by atomic mass is 10.1. The molecule has 0 saturated heterocycles. The number of carbonyl (C=O) groups excluding carboxylic acids is 1. The van der Waals surface area contributed by atoms with Gasteiger partial charge in [-0.15, -0.1) is 0 Å². The van der Waals surface area contributed by atoms with Crippen LogP contribution >= 0.6 is 0 Å². The van der Waals surface area contributed by atoms with Gasteiger partial charge in [-0.3, -0.25) is 9.52 Å². The fourth-order valence-electron chi connectivity index (χ4n) is 2.58. The standard InChI is InChI=1S/C21H20N2O3S/c1-2-16-7-6-8-19(15-16)22-21(24)17-11-13-18(14-12-17)23-27(25,26)20-9-4-3-5-10-20/h3-15,23H,2H2,1H3,(H,22,24). The van der Waals surface area contributed by atoms with Crippen LogP contribution in [0.15, 0.2) is 83.8 Å². The van der Waals surface area contributed by atoms with Crippen LogP contribution in [-0.4, -0.2) is 14.3 Å². The molecule has 5 nitrogen and oxygen atoms in total. The van der Waals surface area contributed by atoms with Crippen molar-refractivity contribution >= 4 is 27.3 Å². The number of nitrogens with one attached hydrogen (secondary N) is 2. The highest BCUT2D eigenvalue weighted by atomic mass is 32.2. The topological polar surface area (TPSA) is 75.3 Å². The van der Waals surface area contributed by atoms with Gasteiger partial charge in [-0.1, -0.05) is 37.3 Å². The normalized spacial score (nSPS) is 11.0. The van der Waals surface area contributed by atoms with Crippen LogP contribution in [0.5, 0.6) is 0 Å². The average Bonchev–Trinajstić information content (AvgIpc) is 2.69. The molecule has 0 radical (unpaired) electrons. The summed E-state index contributed by atoms with van der Waals surface area (Å²) in [5, 5.41) is 2.85. The summed E-state index contributed by atoms with van der Waals surface area (Å²) in [6, 6.07) is 22.1. The minimum atomic E-state index is -3.65. The Morgan fingerprint density at radius 3 is 2.22 bits per heavy atom. The van der Waals surface area contributed by atoms with Gasteiger partial charge in [0.05, 0.1) is 4.90 Å². The van der Waals surface area contributed by atoms with E-state index in [-0.39, 0.29) is 10.8 Å². The molecule has 0 fully saturated rings. The molecule has 3 aromatic rings. The second kappa shape index (κ2) is 8.05. The molecule has 0 bridgehead atoms. The number of anilines is 2. The Labute approximate surface area is 159 Å². The van der Waals surface area contributed by atoms with Crippen LogP contribution in [0.3, 0.4) is 0 Å². The first-order valence-corrected chi connectivity index (χ1v) is 10.0. The second-order valence-electron chi connectivity index (χ2n) is 6.00. The van der Waals surface area contributed by atoms with Crippen LogP contribution in [0, 0.1) is 0 Å². The first-order chi connectivity index (χ1) is 13.0. The number of carbonyl (C=O) groups is 1. The molecule has 0 spiro atoms. The predicted octanol–water partition coefficient (Wildman–Crippen LogP) is 4.30. The summed E-state index contributed by atoms with van der Waals surface area (Å²) in [5.74, 6) is -0.249. The Balaban J connectivity index is 1.70. The molecule has 0 aromatic heterocycles. The van der Waals surface area contributed by atoms with Crippen molar-refractivity contribution in [1.29, 1.82) is 0 Å². The second-order valence-corrected chi connectivity index (χ2v) is 7.69. The molecule has 0 atom stereocenters. The van der Waals surface area contributed by atoms with Crippen LogP contribution in [0.4, 0.5) is 11.4 Å². The quantitative estimate of drug-likeness (QED) is 0.669. The van der Waals surface area contributed by atoms with E-state index in [2.05, 4.69) is 17.0 Å². The zero-order valence-electron chi connectivity index (χ0n) is 14.8. The van der Waals surface area contributed by atoms with Gasteiger partial charge in [0.15, 0.2) is 0 Å². The summed E-state index contributed by atoms with van der Waals surface area (Å²) in [4.78, 5) is 12.6. The van der Waals surface area contributed by atoms with Crippen molar-refractivity contribution in [2.75, 3.05) is 10.0 Å². The SMILES string of the molecule is CCc1cccc(NC(=O)c2ccc(NS(=O)(=O)c3ccccc3)cc2)c1. The number of rotatable bonds is 6. The Morgan fingerprint density at radius 2 is 1.56 bits per heavy atom. The maximum Gasteiger partial charge on any atom is 0.261 e. The van der Waals surface area contributed by atoms with E-state index in [1.54, 1.807) is 42.5 Å². The summed E-state index contributed by atoms with van der Waals surface area (Å²) in [6.07, 6.45) is 0.889. The lowest BCUT2D eigenvalue weighted by molar-refractivity contribution is 0.102. The van der Waals surface area contributed by atoms with Crippen LogP contribution < -0.4 is 10.0 Å². The van der Waals surface area contributed by atoms with E-state index in [0.717, 1.165) is 17.7 Å². The zero-order chi connectivity index (χ0) is 19.3. The first-order valence-electron chi connectivity index (χ1n) is 8.56. The summed E-state index contributed by atoms with van der Waals surface area (Å²) < 4.78 is 27.2. The fraction of sp³-hybridized carbons (Fsp3) is 0.0952. The predicted molar refractivity (Wildman–Crippen MR) is 107 cm³/mol. The van der Waals surface area contributed by atoms with Crippen LogP contribution in [0.1, 0.15) is 22.8 Å². The molecule has 0 aliphatic heterocycles. The molecule has 0 saturated carbocycles. The van der Waals surface area contributed by atoms with Gasteiger partial charge < -0.3 is 5.32 Å². The third-order valence-corrected chi connectivity index (χ3v) is 5.44. The first kappa shape index (κ1) is 18.7. The van der Waals surface area contributed by atoms with Gasteiger partial charge in [0.2, 0.25) is 0 Å². The largest absolute Gasteiger partial charge is 0.322 e. The van der Waals surface area contributed by atoms with Crippen molar-refractivity contribution in [1.82, 2.24) is 0 Å². The minimum absolute atomic E-state index is 0.183. The zero-order valence-corrected chi connectivity index (χ0v) is 15.7. The van der Waals surface area contributed by atoms with Crippen molar-refractivity contribution in [2.45, 2.75) is 18.2 Å². The highest BCUT2D eigenvalue weighted by molar-refractivity contribution is 7.92. The number of amides is 1. The lowest BCUT2D eigenvalue weighted by Crippen LogP contribution is -2.14. The lowest BCUT2D eigenvalue weighted by Gasteiger charge is -2.10. The summed E-state index contributed by atoms with van der Waals surface area (Å²) in [6.45, 7) is 2.05. The van der Waals surface area contributed by atoms with Crippen molar-refractivity contribution in [2.24, 2.45) is 0 Å². The van der Waals surface area contributed by atoms with E-state index in [1.807, 2.05) is 24.3 Å². The van der Waals surface area contributed by atoms with Crippen molar-refractivity contribution < 1.29 is 13.2 Å². The average molecular weight is 380 g/mol. The van der Waals surface area contributed by atoms with Gasteiger partial charge in [-0.2, -0.15) is 0 Å². The van der Waals surface area contributed by atoms with Crippen molar-refractivity contribution in [3.8, 4) is 0 Å². The van der Waals surface area contributed by atoms with E-state index >= 15 is 0 Å². The van der Waals surface area contributed by atoms with Gasteiger partial charge in [-0.25, -0.2) is 8.42 Å². The number of hydrogen-bond donors (Lipinski definition) is 2. The van der Waals surface area contributed by atoms with Crippen LogP contribution in [0.25, 0.3) is 0 Å². The molecule has 6 heteroatoms. The van der Waals surface area contributed by atoms with E-state index in [0.29, 0.717) is 11.3 Å². The molecule has 2 N–H and O–H groups in total. The summed E-state index contributed by atoms with van der Waals surface area (Å²) >= 11 is 0. The molecule has 1 amide bonds. The molecule has 0 unspecified atom stereocenters. The van der Waals surface area contributed by atoms with E-state index < -0.39 is 10.0 Å². The minimum Gasteiger partial charge on any atom is -0.322 e. The van der Waals surface area contributed by atoms with E-state index in [9.17, 15) is 13.2 Å². The third-order valence-electron chi connectivity index (χ3n) is 4.05. The Bertz CT molecular complexity index is 1030. The van der Waals surface area contributed by atoms with Gasteiger partial charge in [0.1, 0.15) is 0 Å². The Morgan fingerprint density at radius 1 is 0.852 bits per heavy atom. The molecule has 27 heavy (non-hydrogen) atoms. The van der Waals surface area contributed by atoms with E-state index in [1.165, 1.54) is 12.1 Å². The molecule has 3 rings (SSSR count). The monoisotopic (exact) mass is 380 g/mol. The molecule has 3 aromatic carbocycles. The Hall–Kier alpha value is -3.12. The molecule has 0 aliphatic carbocycles. The molecular weight excluding hydrogens is 360 g/mol. The van der Waals surface area contributed by atoms with Crippen molar-refractivity contribution in [3.63, 3.8) is 0 Å². The molecule has 0 heterocycles. The molecule has 138 valence electrons. The maximum absolute atomic E-state index is 12.4. The summed E-state index contributed by atoms with van der Waals surface area (Å²) in [7, 11) is -3.65. The van der Waals surface area contributed by atoms with Crippen LogP contribution in [0.2, 0.25) is 0 Å². The summed E-state index contributed by atoms with van der Waals surface area (Å²) in [5.41, 5.74) is 2.70. The number of hydrogen-bond acceptors (Lipinski definition) is 3. The van der Waals surface area contributed by atoms with Gasteiger partial charge in [0, 0.05) is 16.9 Å². The van der Waals surface area contributed by atoms with Crippen molar-refractivity contribution in [3.05, 3.63) is 90.0 Å². The third kappa shape index (κ3) is 4.74. The maximum atomic E-state index is 12.4. The van der Waals surface area contributed by atoms with Gasteiger partial charge in [0.25, 0.3) is 15.9 Å². The highest BCUT2D eigenvalue weighted by Gasteiger charge is 2.14. The smallest absolute Gasteiger partial charge is 0.261 e. The number of benzene rings is 3. The van der Waals surface area contributed by atoms with Gasteiger partial charge >= 0.3 is 0 Å².